The fourth-order valence-electron chi connectivity index (χ4n) is 3.73. The summed E-state index contributed by atoms with van der Waals surface area (Å²) in [6.07, 6.45) is 14.3. The monoisotopic (exact) mass is 556 g/mol. The van der Waals surface area contributed by atoms with E-state index in [1.54, 1.807) is 22.7 Å². The van der Waals surface area contributed by atoms with Crippen molar-refractivity contribution in [2.24, 2.45) is 0 Å². The second-order valence-corrected chi connectivity index (χ2v) is 11.2. The summed E-state index contributed by atoms with van der Waals surface area (Å²) in [4.78, 5) is 0. The summed E-state index contributed by atoms with van der Waals surface area (Å²) in [7, 11) is -1.05. The van der Waals surface area contributed by atoms with Crippen molar-refractivity contribution in [2.45, 2.75) is 50.7 Å². The average molecular weight is 556 g/mol. The Balaban J connectivity index is 0.000000630. The summed E-state index contributed by atoms with van der Waals surface area (Å²) in [6.45, 7) is 2.32. The van der Waals surface area contributed by atoms with Crippen LogP contribution in [0.4, 0.5) is 0 Å². The molecule has 4 rings (SSSR count). The number of hydrogen-bond acceptors (Lipinski definition) is 0. The molecule has 0 amide bonds. The summed E-state index contributed by atoms with van der Waals surface area (Å²) in [5, 5.41) is 4.79. The van der Waals surface area contributed by atoms with E-state index in [0.717, 1.165) is 6.42 Å². The fourth-order valence-corrected chi connectivity index (χ4v) is 8.51. The Morgan fingerprint density at radius 3 is 2.40 bits per heavy atom. The minimum Gasteiger partial charge on any atom is -1.00 e. The molecule has 0 saturated carbocycles. The van der Waals surface area contributed by atoms with E-state index in [1.807, 2.05) is 12.2 Å². The van der Waals surface area contributed by atoms with Crippen LogP contribution in [-0.2, 0) is 25.8 Å². The molecular formula is C21H26Cl2HfSi. The minimum absolute atomic E-state index is 0. The van der Waals surface area contributed by atoms with Crippen molar-refractivity contribution >= 4 is 24.0 Å². The van der Waals surface area contributed by atoms with Crippen molar-refractivity contribution in [3.05, 3.63) is 60.7 Å². The molecule has 1 saturated heterocycles. The molecule has 132 valence electrons. The Bertz CT molecular complexity index is 661. The Hall–Kier alpha value is -0.0230. The largest absolute Gasteiger partial charge is 4.00 e. The molecule has 0 nitrogen and oxygen atoms in total. The van der Waals surface area contributed by atoms with E-state index in [2.05, 4.69) is 55.5 Å². The maximum atomic E-state index is 2.99. The molecular weight excluding hydrogens is 530 g/mol. The van der Waals surface area contributed by atoms with Gasteiger partial charge in [0.1, 0.15) is 0 Å². The van der Waals surface area contributed by atoms with E-state index in [1.165, 1.54) is 30.7 Å². The van der Waals surface area contributed by atoms with Crippen LogP contribution in [0.15, 0.2) is 54.6 Å². The number of fused-ring (bicyclic) bond motifs is 1. The molecule has 0 unspecified atom stereocenters. The van der Waals surface area contributed by atoms with Crippen LogP contribution < -0.4 is 30.0 Å². The number of benzene rings is 1. The molecule has 1 aliphatic carbocycles. The van der Waals surface area contributed by atoms with Gasteiger partial charge in [-0.15, -0.1) is 40.6 Å². The number of halogens is 2. The number of rotatable bonds is 4. The maximum absolute atomic E-state index is 2.99. The van der Waals surface area contributed by atoms with Crippen LogP contribution >= 0.6 is 0 Å². The van der Waals surface area contributed by atoms with Crippen LogP contribution in [-0.4, -0.2) is 8.07 Å². The van der Waals surface area contributed by atoms with Gasteiger partial charge in [0.15, 0.2) is 0 Å². The van der Waals surface area contributed by atoms with Crippen molar-refractivity contribution in [3.8, 4) is 0 Å². The second kappa shape index (κ2) is 12.4. The molecule has 1 heterocycles. The van der Waals surface area contributed by atoms with Crippen molar-refractivity contribution in [1.82, 2.24) is 0 Å². The molecule has 25 heavy (non-hydrogen) atoms. The van der Waals surface area contributed by atoms with E-state index in [9.17, 15) is 0 Å². The molecule has 1 aliphatic heterocycles. The summed E-state index contributed by atoms with van der Waals surface area (Å²) < 4.78 is 0. The molecule has 0 radical (unpaired) electrons. The first kappa shape index (κ1) is 25.0. The smallest absolute Gasteiger partial charge is 1.00 e. The van der Waals surface area contributed by atoms with E-state index < -0.39 is 8.07 Å². The van der Waals surface area contributed by atoms with Gasteiger partial charge in [0.05, 0.1) is 0 Å². The molecule has 4 heteroatoms. The van der Waals surface area contributed by atoms with Gasteiger partial charge in [-0.25, -0.2) is 12.2 Å². The Labute approximate surface area is 185 Å². The molecule has 2 aliphatic rings. The van der Waals surface area contributed by atoms with Crippen molar-refractivity contribution in [3.63, 3.8) is 0 Å². The summed E-state index contributed by atoms with van der Waals surface area (Å²) in [6, 6.07) is 18.4. The molecule has 0 spiro atoms. The third-order valence-corrected chi connectivity index (χ3v) is 10.7. The van der Waals surface area contributed by atoms with Crippen LogP contribution in [0.3, 0.4) is 0 Å². The molecule has 0 bridgehead atoms. The third kappa shape index (κ3) is 5.99. The SMILES string of the molecule is CCCC[Si]1([c-]2ccc3ccccc32)CCC1.[C-]1=CC=CC1.[Cl-].[Cl-].[Hf+4]. The van der Waals surface area contributed by atoms with Gasteiger partial charge < -0.3 is 24.8 Å². The van der Waals surface area contributed by atoms with Crippen molar-refractivity contribution < 1.29 is 50.7 Å². The zero-order valence-electron chi connectivity index (χ0n) is 14.9. The molecule has 0 aromatic heterocycles. The second-order valence-electron chi connectivity index (χ2n) is 6.57. The van der Waals surface area contributed by atoms with Gasteiger partial charge in [0.25, 0.3) is 0 Å². The topological polar surface area (TPSA) is 0 Å². The van der Waals surface area contributed by atoms with E-state index in [-0.39, 0.29) is 50.7 Å². The van der Waals surface area contributed by atoms with Crippen LogP contribution in [0.1, 0.15) is 32.6 Å². The van der Waals surface area contributed by atoms with E-state index >= 15 is 0 Å². The standard InChI is InChI=1S/C16H21Si.C5H5.2ClH.Hf/c1-2-3-11-17(12-6-13-17)16-10-9-14-7-4-5-8-15(14)16;1-2-4-5-3-1;;;/h4-5,7-10H,2-3,6,11-13H2,1H3;1-3H,4H2;2*1H;/q2*-1;;;+4/p-2. The van der Waals surface area contributed by atoms with Crippen molar-refractivity contribution in [2.75, 3.05) is 0 Å². The number of hydrogen-bond donors (Lipinski definition) is 0. The Morgan fingerprint density at radius 2 is 1.88 bits per heavy atom. The summed E-state index contributed by atoms with van der Waals surface area (Å²) in [5.74, 6) is 0. The minimum atomic E-state index is -1.05. The number of allylic oxidation sites excluding steroid dienone is 4. The van der Waals surface area contributed by atoms with Gasteiger partial charge in [-0.3, -0.25) is 6.08 Å². The quantitative estimate of drug-likeness (QED) is 0.360. The van der Waals surface area contributed by atoms with Gasteiger partial charge in [-0.2, -0.15) is 18.2 Å². The van der Waals surface area contributed by atoms with Crippen LogP contribution in [0, 0.1) is 6.08 Å². The van der Waals surface area contributed by atoms with Gasteiger partial charge in [0, 0.05) is 8.07 Å². The zero-order chi connectivity index (χ0) is 15.3. The molecule has 2 aromatic rings. The predicted octanol–water partition coefficient (Wildman–Crippen LogP) is -0.271. The normalized spacial score (nSPS) is 15.9. The summed E-state index contributed by atoms with van der Waals surface area (Å²) in [5.41, 5.74) is 0. The molecule has 0 atom stereocenters. The van der Waals surface area contributed by atoms with E-state index in [4.69, 9.17) is 0 Å². The Morgan fingerprint density at radius 1 is 1.12 bits per heavy atom. The van der Waals surface area contributed by atoms with Gasteiger partial charge in [-0.05, 0) is 0 Å². The number of unbranched alkanes of at least 4 members (excludes halogenated alkanes) is 1. The molecule has 2 aromatic carbocycles. The zero-order valence-corrected chi connectivity index (χ0v) is 21.0. The van der Waals surface area contributed by atoms with Crippen LogP contribution in [0.25, 0.3) is 10.8 Å². The average Bonchev–Trinajstić information content (AvgIpc) is 3.20. The first-order chi connectivity index (χ1) is 10.9. The molecule has 0 N–H and O–H groups in total. The van der Waals surface area contributed by atoms with Crippen LogP contribution in [0.2, 0.25) is 18.1 Å². The van der Waals surface area contributed by atoms with Crippen molar-refractivity contribution in [1.29, 1.82) is 0 Å². The van der Waals surface area contributed by atoms with Crippen LogP contribution in [0.5, 0.6) is 0 Å². The van der Waals surface area contributed by atoms with Gasteiger partial charge >= 0.3 is 25.8 Å². The van der Waals surface area contributed by atoms with E-state index in [0.29, 0.717) is 0 Å². The fraction of sp³-hybridized carbons (Fsp3) is 0.381. The van der Waals surface area contributed by atoms with Gasteiger partial charge in [0.2, 0.25) is 0 Å². The first-order valence-corrected chi connectivity index (χ1v) is 11.3. The Kier molecular flexibility index (Phi) is 12.4. The molecule has 1 fully saturated rings. The summed E-state index contributed by atoms with van der Waals surface area (Å²) >= 11 is 0. The predicted molar refractivity (Wildman–Crippen MR) is 100 cm³/mol. The third-order valence-electron chi connectivity index (χ3n) is 5.16. The van der Waals surface area contributed by atoms with Gasteiger partial charge in [-0.1, -0.05) is 50.4 Å². The maximum Gasteiger partial charge on any atom is 4.00 e. The first-order valence-electron chi connectivity index (χ1n) is 8.72.